The van der Waals surface area contributed by atoms with Gasteiger partial charge in [-0.05, 0) is 11.6 Å². The molecular formula is C17H25ClN4O3. The predicted molar refractivity (Wildman–Crippen MR) is 95.4 cm³/mol. The van der Waals surface area contributed by atoms with Gasteiger partial charge in [-0.3, -0.25) is 14.6 Å². The molecule has 0 saturated carbocycles. The summed E-state index contributed by atoms with van der Waals surface area (Å²) >= 11 is 0. The van der Waals surface area contributed by atoms with Gasteiger partial charge in [-0.1, -0.05) is 6.07 Å². The number of carbonyl (C=O) groups is 2. The van der Waals surface area contributed by atoms with Crippen molar-refractivity contribution in [3.8, 4) is 0 Å². The lowest BCUT2D eigenvalue weighted by Crippen LogP contribution is -2.50. The van der Waals surface area contributed by atoms with Crippen molar-refractivity contribution in [3.05, 3.63) is 30.1 Å². The maximum absolute atomic E-state index is 13.0. The molecule has 1 N–H and O–H groups in total. The van der Waals surface area contributed by atoms with Gasteiger partial charge in [0.1, 0.15) is 0 Å². The van der Waals surface area contributed by atoms with Crippen molar-refractivity contribution in [1.29, 1.82) is 0 Å². The second-order valence-electron chi connectivity index (χ2n) is 6.27. The quantitative estimate of drug-likeness (QED) is 0.817. The summed E-state index contributed by atoms with van der Waals surface area (Å²) in [6.07, 6.45) is 3.84. The van der Waals surface area contributed by atoms with Gasteiger partial charge in [-0.15, -0.1) is 12.4 Å². The molecule has 3 rings (SSSR count). The van der Waals surface area contributed by atoms with Crippen LogP contribution in [0, 0.1) is 5.92 Å². The monoisotopic (exact) mass is 368 g/mol. The van der Waals surface area contributed by atoms with Gasteiger partial charge >= 0.3 is 0 Å². The van der Waals surface area contributed by atoms with Crippen molar-refractivity contribution in [2.75, 3.05) is 46.4 Å². The van der Waals surface area contributed by atoms with Gasteiger partial charge in [0.05, 0.1) is 18.6 Å². The van der Waals surface area contributed by atoms with Crippen molar-refractivity contribution in [3.63, 3.8) is 0 Å². The minimum atomic E-state index is -0.258. The summed E-state index contributed by atoms with van der Waals surface area (Å²) in [5.74, 6) is -0.149. The lowest BCUT2D eigenvalue weighted by Gasteiger charge is -2.37. The van der Waals surface area contributed by atoms with Gasteiger partial charge in [0.25, 0.3) is 0 Å². The highest BCUT2D eigenvalue weighted by molar-refractivity contribution is 5.89. The Kier molecular flexibility index (Phi) is 7.16. The Bertz CT molecular complexity index is 587. The number of piperazine rings is 1. The van der Waals surface area contributed by atoms with Crippen LogP contribution in [0.3, 0.4) is 0 Å². The summed E-state index contributed by atoms with van der Waals surface area (Å²) in [5, 5.41) is 3.34. The molecule has 2 amide bonds. The minimum Gasteiger partial charge on any atom is -0.383 e. The number of amides is 2. The molecule has 2 aliphatic heterocycles. The Morgan fingerprint density at radius 2 is 2.32 bits per heavy atom. The van der Waals surface area contributed by atoms with Crippen LogP contribution < -0.4 is 5.32 Å². The number of carbonyl (C=O) groups excluding carboxylic acids is 2. The molecule has 0 aromatic carbocycles. The van der Waals surface area contributed by atoms with Crippen molar-refractivity contribution >= 4 is 24.2 Å². The van der Waals surface area contributed by atoms with Gasteiger partial charge in [-0.25, -0.2) is 0 Å². The highest BCUT2D eigenvalue weighted by atomic mass is 35.5. The number of rotatable bonds is 5. The zero-order chi connectivity index (χ0) is 16.9. The maximum atomic E-state index is 13.0. The molecule has 2 aliphatic rings. The van der Waals surface area contributed by atoms with E-state index in [1.54, 1.807) is 18.2 Å². The van der Waals surface area contributed by atoms with E-state index in [9.17, 15) is 9.59 Å². The first-order chi connectivity index (χ1) is 11.7. The van der Waals surface area contributed by atoms with E-state index in [1.165, 1.54) is 0 Å². The van der Waals surface area contributed by atoms with Crippen molar-refractivity contribution in [2.24, 2.45) is 5.92 Å². The molecule has 7 nitrogen and oxygen atoms in total. The van der Waals surface area contributed by atoms with Crippen molar-refractivity contribution in [1.82, 2.24) is 20.1 Å². The van der Waals surface area contributed by atoms with Gasteiger partial charge in [-0.2, -0.15) is 0 Å². The number of nitrogens with one attached hydrogen (secondary N) is 1. The summed E-state index contributed by atoms with van der Waals surface area (Å²) in [6.45, 7) is 3.68. The second-order valence-corrected chi connectivity index (χ2v) is 6.27. The molecule has 138 valence electrons. The van der Waals surface area contributed by atoms with E-state index >= 15 is 0 Å². The number of hydrogen-bond donors (Lipinski definition) is 1. The highest BCUT2D eigenvalue weighted by Gasteiger charge is 2.39. The van der Waals surface area contributed by atoms with Crippen LogP contribution in [0.1, 0.15) is 18.0 Å². The third-order valence-electron chi connectivity index (χ3n) is 4.72. The zero-order valence-electron chi connectivity index (χ0n) is 14.4. The predicted octanol–water partition coefficient (Wildman–Crippen LogP) is 0.471. The van der Waals surface area contributed by atoms with Gasteiger partial charge < -0.3 is 19.9 Å². The normalized spacial score (nSPS) is 23.5. The number of methoxy groups -OCH3 is 1. The Hall–Kier alpha value is -1.70. The molecular weight excluding hydrogens is 344 g/mol. The summed E-state index contributed by atoms with van der Waals surface area (Å²) in [5.41, 5.74) is 1.03. The fourth-order valence-electron chi connectivity index (χ4n) is 3.43. The van der Waals surface area contributed by atoms with Crippen LogP contribution in [-0.2, 0) is 14.3 Å². The van der Waals surface area contributed by atoms with Gasteiger partial charge in [0, 0.05) is 58.6 Å². The number of nitrogens with zero attached hydrogens (tertiary/aromatic N) is 3. The Morgan fingerprint density at radius 1 is 1.48 bits per heavy atom. The van der Waals surface area contributed by atoms with Crippen LogP contribution in [0.2, 0.25) is 0 Å². The molecule has 2 atom stereocenters. The zero-order valence-corrected chi connectivity index (χ0v) is 15.2. The summed E-state index contributed by atoms with van der Waals surface area (Å²) < 4.78 is 5.03. The summed E-state index contributed by atoms with van der Waals surface area (Å²) in [4.78, 5) is 32.9. The average Bonchev–Trinajstić information content (AvgIpc) is 3.01. The molecule has 0 bridgehead atoms. The first kappa shape index (κ1) is 19.6. The molecule has 1 aromatic heterocycles. The third-order valence-corrected chi connectivity index (χ3v) is 4.72. The van der Waals surface area contributed by atoms with Crippen LogP contribution >= 0.6 is 12.4 Å². The lowest BCUT2D eigenvalue weighted by molar-refractivity contribution is -0.139. The number of halogens is 1. The van der Waals surface area contributed by atoms with Crippen molar-refractivity contribution < 1.29 is 14.3 Å². The van der Waals surface area contributed by atoms with E-state index in [0.717, 1.165) is 12.1 Å². The molecule has 8 heteroatoms. The fourth-order valence-corrected chi connectivity index (χ4v) is 3.43. The molecule has 1 aromatic rings. The van der Waals surface area contributed by atoms with E-state index in [-0.39, 0.29) is 36.2 Å². The van der Waals surface area contributed by atoms with Crippen LogP contribution in [0.4, 0.5) is 0 Å². The molecule has 25 heavy (non-hydrogen) atoms. The van der Waals surface area contributed by atoms with E-state index in [1.807, 2.05) is 23.2 Å². The van der Waals surface area contributed by atoms with Crippen LogP contribution in [0.25, 0.3) is 0 Å². The number of likely N-dealkylation sites (tertiary alicyclic amines) is 1. The van der Waals surface area contributed by atoms with E-state index < -0.39 is 0 Å². The molecule has 3 heterocycles. The molecule has 2 unspecified atom stereocenters. The van der Waals surface area contributed by atoms with Crippen LogP contribution in [0.5, 0.6) is 0 Å². The first-order valence-corrected chi connectivity index (χ1v) is 8.38. The third kappa shape index (κ3) is 4.48. The first-order valence-electron chi connectivity index (χ1n) is 8.38. The largest absolute Gasteiger partial charge is 0.383 e. The highest BCUT2D eigenvalue weighted by Crippen LogP contribution is 2.27. The minimum absolute atomic E-state index is 0. The van der Waals surface area contributed by atoms with Crippen LogP contribution in [-0.4, -0.2) is 73.0 Å². The smallest absolute Gasteiger partial charge is 0.228 e. The van der Waals surface area contributed by atoms with E-state index in [4.69, 9.17) is 4.74 Å². The second kappa shape index (κ2) is 9.12. The van der Waals surface area contributed by atoms with Gasteiger partial charge in [0.15, 0.2) is 0 Å². The molecule has 2 saturated heterocycles. The topological polar surface area (TPSA) is 74.8 Å². The SMILES string of the molecule is COCCN1CC(C(=O)N2CCNCC2c2cccnc2)CC1=O.Cl. The fraction of sp³-hybridized carbons (Fsp3) is 0.588. The lowest BCUT2D eigenvalue weighted by atomic mass is 10.0. The van der Waals surface area contributed by atoms with Crippen molar-refractivity contribution in [2.45, 2.75) is 12.5 Å². The Morgan fingerprint density at radius 3 is 3.04 bits per heavy atom. The molecule has 0 aliphatic carbocycles. The average molecular weight is 369 g/mol. The Labute approximate surface area is 154 Å². The van der Waals surface area contributed by atoms with E-state index in [0.29, 0.717) is 39.2 Å². The Balaban J connectivity index is 0.00000225. The molecule has 0 radical (unpaired) electrons. The summed E-state index contributed by atoms with van der Waals surface area (Å²) in [6, 6.07) is 3.86. The number of pyridine rings is 1. The van der Waals surface area contributed by atoms with Crippen LogP contribution in [0.15, 0.2) is 24.5 Å². The number of aromatic nitrogens is 1. The van der Waals surface area contributed by atoms with Gasteiger partial charge in [0.2, 0.25) is 11.8 Å². The molecule has 0 spiro atoms. The maximum Gasteiger partial charge on any atom is 0.228 e. The molecule has 2 fully saturated rings. The van der Waals surface area contributed by atoms with E-state index in [2.05, 4.69) is 10.3 Å². The number of hydrogen-bond acceptors (Lipinski definition) is 5. The standard InChI is InChI=1S/C17H24N4O3.ClH/c1-24-8-7-20-12-14(9-16(20)22)17(23)21-6-5-19-11-15(21)13-3-2-4-18-10-13;/h2-4,10,14-15,19H,5-9,11-12H2,1H3;1H. The number of ether oxygens (including phenoxy) is 1. The summed E-state index contributed by atoms with van der Waals surface area (Å²) in [7, 11) is 1.61.